The fourth-order valence-corrected chi connectivity index (χ4v) is 1.59. The van der Waals surface area contributed by atoms with Gasteiger partial charge in [0.2, 0.25) is 0 Å². The van der Waals surface area contributed by atoms with Gasteiger partial charge < -0.3 is 0 Å². The Morgan fingerprint density at radius 2 is 2.00 bits per heavy atom. The molecule has 0 aromatic carbocycles. The van der Waals surface area contributed by atoms with Crippen LogP contribution in [-0.2, 0) is 0 Å². The molecular weight excluding hydrogens is 186 g/mol. The SMILES string of the molecule is CC(c1cnc2[nH]ncc2c1)C(C)(C)C. The quantitative estimate of drug-likeness (QED) is 0.773. The first-order valence-corrected chi connectivity index (χ1v) is 5.27. The van der Waals surface area contributed by atoms with Crippen LogP contribution in [0.3, 0.4) is 0 Å². The van der Waals surface area contributed by atoms with Crippen molar-refractivity contribution in [3.8, 4) is 0 Å². The highest BCUT2D eigenvalue weighted by atomic mass is 15.1. The number of rotatable bonds is 1. The zero-order chi connectivity index (χ0) is 11.1. The lowest BCUT2D eigenvalue weighted by molar-refractivity contribution is 0.339. The van der Waals surface area contributed by atoms with Gasteiger partial charge in [0, 0.05) is 11.6 Å². The van der Waals surface area contributed by atoms with Crippen molar-refractivity contribution in [3.05, 3.63) is 24.0 Å². The first-order valence-electron chi connectivity index (χ1n) is 5.27. The van der Waals surface area contributed by atoms with Gasteiger partial charge in [0.15, 0.2) is 5.65 Å². The predicted octanol–water partition coefficient (Wildman–Crippen LogP) is 3.11. The van der Waals surface area contributed by atoms with Gasteiger partial charge in [-0.25, -0.2) is 4.98 Å². The van der Waals surface area contributed by atoms with E-state index in [1.54, 1.807) is 0 Å². The molecule has 0 aliphatic heterocycles. The molecule has 3 heteroatoms. The fourth-order valence-electron chi connectivity index (χ4n) is 1.59. The largest absolute Gasteiger partial charge is 0.261 e. The lowest BCUT2D eigenvalue weighted by atomic mass is 9.78. The molecule has 0 radical (unpaired) electrons. The van der Waals surface area contributed by atoms with Crippen molar-refractivity contribution in [2.24, 2.45) is 5.41 Å². The van der Waals surface area contributed by atoms with E-state index in [0.29, 0.717) is 5.92 Å². The van der Waals surface area contributed by atoms with Crippen molar-refractivity contribution >= 4 is 11.0 Å². The normalized spacial score (nSPS) is 14.4. The van der Waals surface area contributed by atoms with Crippen LogP contribution in [-0.4, -0.2) is 15.2 Å². The molecule has 0 aliphatic carbocycles. The van der Waals surface area contributed by atoms with Crippen LogP contribution in [0.5, 0.6) is 0 Å². The number of nitrogens with one attached hydrogen (secondary N) is 1. The zero-order valence-corrected chi connectivity index (χ0v) is 9.70. The highest BCUT2D eigenvalue weighted by Gasteiger charge is 2.22. The van der Waals surface area contributed by atoms with Gasteiger partial charge in [0.05, 0.1) is 6.20 Å². The Labute approximate surface area is 89.9 Å². The Balaban J connectivity index is 2.44. The number of hydrogen-bond acceptors (Lipinski definition) is 2. The van der Waals surface area contributed by atoms with E-state index in [1.807, 2.05) is 12.4 Å². The van der Waals surface area contributed by atoms with Crippen molar-refractivity contribution in [3.63, 3.8) is 0 Å². The van der Waals surface area contributed by atoms with E-state index in [1.165, 1.54) is 5.56 Å². The highest BCUT2D eigenvalue weighted by molar-refractivity contribution is 5.74. The van der Waals surface area contributed by atoms with Gasteiger partial charge in [-0.05, 0) is 23.0 Å². The van der Waals surface area contributed by atoms with Crippen LogP contribution < -0.4 is 0 Å². The molecular formula is C12H17N3. The number of hydrogen-bond donors (Lipinski definition) is 1. The summed E-state index contributed by atoms with van der Waals surface area (Å²) in [6.07, 6.45) is 3.76. The van der Waals surface area contributed by atoms with Crippen LogP contribution in [0.1, 0.15) is 39.2 Å². The molecule has 2 rings (SSSR count). The summed E-state index contributed by atoms with van der Waals surface area (Å²) >= 11 is 0. The number of aromatic nitrogens is 3. The van der Waals surface area contributed by atoms with Gasteiger partial charge in [-0.3, -0.25) is 5.10 Å². The minimum Gasteiger partial charge on any atom is -0.261 e. The van der Waals surface area contributed by atoms with Crippen LogP contribution in [0.25, 0.3) is 11.0 Å². The van der Waals surface area contributed by atoms with Crippen molar-refractivity contribution < 1.29 is 0 Å². The monoisotopic (exact) mass is 203 g/mol. The number of nitrogens with zero attached hydrogens (tertiary/aromatic N) is 2. The number of aromatic amines is 1. The van der Waals surface area contributed by atoms with Gasteiger partial charge in [-0.1, -0.05) is 27.7 Å². The first kappa shape index (κ1) is 10.1. The van der Waals surface area contributed by atoms with Crippen molar-refractivity contribution in [2.45, 2.75) is 33.6 Å². The highest BCUT2D eigenvalue weighted by Crippen LogP contribution is 2.34. The van der Waals surface area contributed by atoms with Gasteiger partial charge in [0.25, 0.3) is 0 Å². The smallest absolute Gasteiger partial charge is 0.155 e. The van der Waals surface area contributed by atoms with Gasteiger partial charge in [0.1, 0.15) is 0 Å². The second-order valence-corrected chi connectivity index (χ2v) is 5.16. The molecule has 1 atom stereocenters. The lowest BCUT2D eigenvalue weighted by Crippen LogP contribution is -2.15. The van der Waals surface area contributed by atoms with E-state index in [-0.39, 0.29) is 5.41 Å². The van der Waals surface area contributed by atoms with Crippen LogP contribution in [0, 0.1) is 5.41 Å². The van der Waals surface area contributed by atoms with E-state index in [0.717, 1.165) is 11.0 Å². The van der Waals surface area contributed by atoms with Crippen molar-refractivity contribution in [1.29, 1.82) is 0 Å². The molecule has 0 amide bonds. The van der Waals surface area contributed by atoms with Gasteiger partial charge in [-0.15, -0.1) is 0 Å². The maximum Gasteiger partial charge on any atom is 0.155 e. The second kappa shape index (κ2) is 3.33. The summed E-state index contributed by atoms with van der Waals surface area (Å²) in [7, 11) is 0. The van der Waals surface area contributed by atoms with Crippen LogP contribution in [0.4, 0.5) is 0 Å². The molecule has 2 aromatic heterocycles. The third-order valence-electron chi connectivity index (χ3n) is 3.11. The summed E-state index contributed by atoms with van der Waals surface area (Å²) in [5.74, 6) is 0.490. The lowest BCUT2D eigenvalue weighted by Gasteiger charge is -2.27. The molecule has 1 unspecified atom stereocenters. The van der Waals surface area contributed by atoms with E-state index in [4.69, 9.17) is 0 Å². The molecule has 3 nitrogen and oxygen atoms in total. The summed E-state index contributed by atoms with van der Waals surface area (Å²) in [5, 5.41) is 7.93. The van der Waals surface area contributed by atoms with Crippen molar-refractivity contribution in [1.82, 2.24) is 15.2 Å². The average molecular weight is 203 g/mol. The van der Waals surface area contributed by atoms with E-state index in [9.17, 15) is 0 Å². The number of pyridine rings is 1. The molecule has 2 aromatic rings. The molecule has 0 fully saturated rings. The van der Waals surface area contributed by atoms with Crippen LogP contribution in [0.2, 0.25) is 0 Å². The molecule has 1 N–H and O–H groups in total. The topological polar surface area (TPSA) is 41.6 Å². The summed E-state index contributed by atoms with van der Waals surface area (Å²) in [5.41, 5.74) is 2.40. The first-order chi connectivity index (χ1) is 6.98. The van der Waals surface area contributed by atoms with Crippen molar-refractivity contribution in [2.75, 3.05) is 0 Å². The minimum atomic E-state index is 0.263. The predicted molar refractivity (Wildman–Crippen MR) is 61.8 cm³/mol. The Bertz CT molecular complexity index is 465. The summed E-state index contributed by atoms with van der Waals surface area (Å²) < 4.78 is 0. The zero-order valence-electron chi connectivity index (χ0n) is 9.70. The Hall–Kier alpha value is -1.38. The van der Waals surface area contributed by atoms with Gasteiger partial charge >= 0.3 is 0 Å². The molecule has 2 heterocycles. The second-order valence-electron chi connectivity index (χ2n) is 5.16. The molecule has 0 aliphatic rings. The summed E-state index contributed by atoms with van der Waals surface area (Å²) in [6, 6.07) is 2.17. The fraction of sp³-hybridized carbons (Fsp3) is 0.500. The molecule has 0 bridgehead atoms. The number of fused-ring (bicyclic) bond motifs is 1. The summed E-state index contributed by atoms with van der Waals surface area (Å²) in [4.78, 5) is 4.36. The molecule has 0 saturated heterocycles. The molecule has 0 saturated carbocycles. The summed E-state index contributed by atoms with van der Waals surface area (Å²) in [6.45, 7) is 8.98. The van der Waals surface area contributed by atoms with Crippen LogP contribution >= 0.6 is 0 Å². The third-order valence-corrected chi connectivity index (χ3v) is 3.11. The van der Waals surface area contributed by atoms with E-state index < -0.39 is 0 Å². The Morgan fingerprint density at radius 1 is 1.27 bits per heavy atom. The maximum atomic E-state index is 4.36. The standard InChI is InChI=1S/C12H17N3/c1-8(12(2,3)4)9-5-10-7-14-15-11(10)13-6-9/h5-8H,1-4H3,(H,13,14,15). The Morgan fingerprint density at radius 3 is 2.67 bits per heavy atom. The number of H-pyrrole nitrogens is 1. The van der Waals surface area contributed by atoms with E-state index in [2.05, 4.69) is 48.9 Å². The third kappa shape index (κ3) is 1.87. The minimum absolute atomic E-state index is 0.263. The molecule has 15 heavy (non-hydrogen) atoms. The Kier molecular flexibility index (Phi) is 2.25. The molecule has 80 valence electrons. The van der Waals surface area contributed by atoms with Gasteiger partial charge in [-0.2, -0.15) is 5.10 Å². The molecule has 0 spiro atoms. The van der Waals surface area contributed by atoms with E-state index >= 15 is 0 Å². The van der Waals surface area contributed by atoms with Crippen LogP contribution in [0.15, 0.2) is 18.5 Å². The maximum absolute atomic E-state index is 4.36. The average Bonchev–Trinajstić information content (AvgIpc) is 2.61.